The van der Waals surface area contributed by atoms with Crippen molar-refractivity contribution in [2.24, 2.45) is 5.92 Å². The number of nitrogens with one attached hydrogen (secondary N) is 1. The second-order valence-corrected chi connectivity index (χ2v) is 8.05. The van der Waals surface area contributed by atoms with E-state index in [-0.39, 0.29) is 24.0 Å². The molecule has 2 atom stereocenters. The summed E-state index contributed by atoms with van der Waals surface area (Å²) in [5.74, 6) is -1.08. The van der Waals surface area contributed by atoms with E-state index in [1.54, 1.807) is 25.1 Å². The van der Waals surface area contributed by atoms with Crippen LogP contribution in [0.25, 0.3) is 5.65 Å². The van der Waals surface area contributed by atoms with Crippen molar-refractivity contribution in [2.45, 2.75) is 51.7 Å². The molecule has 9 heteroatoms. The molecule has 0 radical (unpaired) electrons. The lowest BCUT2D eigenvalue weighted by Gasteiger charge is -2.36. The monoisotopic (exact) mass is 412 g/mol. The molecule has 1 spiro atoms. The number of esters is 1. The molecule has 2 aromatic rings. The van der Waals surface area contributed by atoms with Gasteiger partial charge in [-0.2, -0.15) is 0 Å². The van der Waals surface area contributed by atoms with Gasteiger partial charge < -0.3 is 10.1 Å². The average molecular weight is 412 g/mol. The zero-order valence-electron chi connectivity index (χ0n) is 17.0. The number of fused-ring (bicyclic) bond motifs is 1. The number of urea groups is 1. The molecule has 2 aromatic heterocycles. The van der Waals surface area contributed by atoms with Gasteiger partial charge in [0.15, 0.2) is 0 Å². The summed E-state index contributed by atoms with van der Waals surface area (Å²) in [6.07, 6.45) is 3.31. The van der Waals surface area contributed by atoms with Gasteiger partial charge in [0.1, 0.15) is 24.3 Å². The third-order valence-electron chi connectivity index (χ3n) is 6.10. The molecular weight excluding hydrogens is 388 g/mol. The Balaban J connectivity index is 1.43. The van der Waals surface area contributed by atoms with Crippen LogP contribution in [-0.4, -0.2) is 44.3 Å². The lowest BCUT2D eigenvalue weighted by molar-refractivity contribution is -0.149. The standard InChI is InChI=1S/C21H24N4O5/c1-13-6-3-4-9-21(13)19(28)24(20(29)23-21)11-18(27)30-12-15-10-17(26)25-14(2)7-5-8-16(25)22-15/h5,7-8,10,13H,3-4,6,9,11-12H2,1-2H3,(H,23,29)/t13-,21+/m1/s1. The van der Waals surface area contributed by atoms with Gasteiger partial charge in [0, 0.05) is 11.8 Å². The van der Waals surface area contributed by atoms with Crippen LogP contribution >= 0.6 is 0 Å². The van der Waals surface area contributed by atoms with E-state index in [1.807, 2.05) is 6.92 Å². The summed E-state index contributed by atoms with van der Waals surface area (Å²) in [5, 5.41) is 2.80. The van der Waals surface area contributed by atoms with E-state index in [9.17, 15) is 19.2 Å². The van der Waals surface area contributed by atoms with Crippen LogP contribution in [0.5, 0.6) is 0 Å². The highest BCUT2D eigenvalue weighted by atomic mass is 16.5. The van der Waals surface area contributed by atoms with Gasteiger partial charge in [0.25, 0.3) is 11.5 Å². The molecule has 0 unspecified atom stereocenters. The van der Waals surface area contributed by atoms with Crippen molar-refractivity contribution in [2.75, 3.05) is 6.54 Å². The quantitative estimate of drug-likeness (QED) is 0.603. The topological polar surface area (TPSA) is 110 Å². The summed E-state index contributed by atoms with van der Waals surface area (Å²) in [6.45, 7) is 3.06. The van der Waals surface area contributed by atoms with Crippen LogP contribution in [0.1, 0.15) is 44.0 Å². The molecule has 4 rings (SSSR count). The van der Waals surface area contributed by atoms with E-state index in [0.717, 1.165) is 29.9 Å². The molecule has 158 valence electrons. The number of pyridine rings is 1. The third-order valence-corrected chi connectivity index (χ3v) is 6.10. The van der Waals surface area contributed by atoms with Gasteiger partial charge in [-0.25, -0.2) is 9.78 Å². The van der Waals surface area contributed by atoms with Crippen LogP contribution in [0, 0.1) is 12.8 Å². The Bertz CT molecular complexity index is 1090. The number of amides is 3. The number of hydrogen-bond donors (Lipinski definition) is 1. The zero-order chi connectivity index (χ0) is 21.5. The minimum Gasteiger partial charge on any atom is -0.458 e. The lowest BCUT2D eigenvalue weighted by Crippen LogP contribution is -2.54. The predicted octanol–water partition coefficient (Wildman–Crippen LogP) is 1.55. The van der Waals surface area contributed by atoms with E-state index in [0.29, 0.717) is 17.8 Å². The fourth-order valence-corrected chi connectivity index (χ4v) is 4.41. The second kappa shape index (κ2) is 7.55. The number of nitrogens with zero attached hydrogens (tertiary/aromatic N) is 3. The first-order valence-corrected chi connectivity index (χ1v) is 10.1. The molecule has 1 aliphatic carbocycles. The first-order valence-electron chi connectivity index (χ1n) is 10.1. The molecule has 3 amide bonds. The minimum atomic E-state index is -0.915. The SMILES string of the molecule is Cc1cccc2nc(COC(=O)CN3C(=O)N[C@]4(CCCC[C@H]4C)C3=O)cc(=O)n12. The molecule has 9 nitrogen and oxygen atoms in total. The van der Waals surface area contributed by atoms with Crippen LogP contribution in [0.4, 0.5) is 4.79 Å². The van der Waals surface area contributed by atoms with Crippen LogP contribution in [0.2, 0.25) is 0 Å². The van der Waals surface area contributed by atoms with Crippen LogP contribution in [0.15, 0.2) is 29.1 Å². The Hall–Kier alpha value is -3.23. The largest absolute Gasteiger partial charge is 0.458 e. The van der Waals surface area contributed by atoms with E-state index in [4.69, 9.17) is 4.74 Å². The molecule has 2 aliphatic rings. The van der Waals surface area contributed by atoms with Crippen LogP contribution in [-0.2, 0) is 20.9 Å². The molecule has 1 saturated carbocycles. The summed E-state index contributed by atoms with van der Waals surface area (Å²) in [6, 6.07) is 6.01. The van der Waals surface area contributed by atoms with Gasteiger partial charge in [0.2, 0.25) is 0 Å². The van der Waals surface area contributed by atoms with E-state index < -0.39 is 24.1 Å². The smallest absolute Gasteiger partial charge is 0.326 e. The maximum Gasteiger partial charge on any atom is 0.326 e. The second-order valence-electron chi connectivity index (χ2n) is 8.05. The summed E-state index contributed by atoms with van der Waals surface area (Å²) in [7, 11) is 0. The van der Waals surface area contributed by atoms with Crippen molar-refractivity contribution >= 4 is 23.6 Å². The summed E-state index contributed by atoms with van der Waals surface area (Å²) >= 11 is 0. The van der Waals surface area contributed by atoms with Crippen LogP contribution in [0.3, 0.4) is 0 Å². The zero-order valence-corrected chi connectivity index (χ0v) is 17.0. The van der Waals surface area contributed by atoms with Gasteiger partial charge in [-0.1, -0.05) is 25.8 Å². The minimum absolute atomic E-state index is 0.0157. The Morgan fingerprint density at radius 2 is 2.10 bits per heavy atom. The van der Waals surface area contributed by atoms with Crippen molar-refractivity contribution in [3.05, 3.63) is 46.0 Å². The maximum absolute atomic E-state index is 12.9. The molecule has 2 fully saturated rings. The summed E-state index contributed by atoms with van der Waals surface area (Å²) < 4.78 is 6.66. The van der Waals surface area contributed by atoms with E-state index in [1.165, 1.54) is 10.5 Å². The maximum atomic E-state index is 12.9. The van der Waals surface area contributed by atoms with Crippen LogP contribution < -0.4 is 10.9 Å². The Kier molecular flexibility index (Phi) is 5.05. The number of aromatic nitrogens is 2. The van der Waals surface area contributed by atoms with Crippen molar-refractivity contribution in [1.82, 2.24) is 19.6 Å². The number of ether oxygens (including phenoxy) is 1. The molecule has 30 heavy (non-hydrogen) atoms. The number of hydrogen-bond acceptors (Lipinski definition) is 6. The Labute approximate surface area is 173 Å². The van der Waals surface area contributed by atoms with Gasteiger partial charge >= 0.3 is 12.0 Å². The van der Waals surface area contributed by atoms with Gasteiger partial charge in [-0.05, 0) is 37.8 Å². The number of carbonyl (C=O) groups excluding carboxylic acids is 3. The van der Waals surface area contributed by atoms with Crippen molar-refractivity contribution in [3.8, 4) is 0 Å². The average Bonchev–Trinajstić information content (AvgIpc) is 2.93. The molecule has 1 N–H and O–H groups in total. The van der Waals surface area contributed by atoms with E-state index in [2.05, 4.69) is 10.3 Å². The summed E-state index contributed by atoms with van der Waals surface area (Å²) in [5.41, 5.74) is 0.316. The number of rotatable bonds is 4. The highest BCUT2D eigenvalue weighted by molar-refractivity contribution is 6.08. The number of carbonyl (C=O) groups is 3. The Morgan fingerprint density at radius 3 is 2.87 bits per heavy atom. The number of aryl methyl sites for hydroxylation is 1. The van der Waals surface area contributed by atoms with Gasteiger partial charge in [-0.15, -0.1) is 0 Å². The highest BCUT2D eigenvalue weighted by Crippen LogP contribution is 2.38. The molecule has 0 bridgehead atoms. The molecular formula is C21H24N4O5. The predicted molar refractivity (Wildman–Crippen MR) is 107 cm³/mol. The fourth-order valence-electron chi connectivity index (χ4n) is 4.41. The Morgan fingerprint density at radius 1 is 1.30 bits per heavy atom. The van der Waals surface area contributed by atoms with Crippen molar-refractivity contribution < 1.29 is 19.1 Å². The fraction of sp³-hybridized carbons (Fsp3) is 0.476. The molecule has 3 heterocycles. The first kappa shape index (κ1) is 20.1. The van der Waals surface area contributed by atoms with Crippen molar-refractivity contribution in [1.29, 1.82) is 0 Å². The van der Waals surface area contributed by atoms with Gasteiger partial charge in [0.05, 0.1) is 5.69 Å². The third kappa shape index (κ3) is 3.34. The first-order chi connectivity index (χ1) is 14.3. The lowest BCUT2D eigenvalue weighted by atomic mass is 9.73. The summed E-state index contributed by atoms with van der Waals surface area (Å²) in [4.78, 5) is 55.2. The normalized spacial score (nSPS) is 23.8. The van der Waals surface area contributed by atoms with Crippen molar-refractivity contribution in [3.63, 3.8) is 0 Å². The molecule has 0 aromatic carbocycles. The van der Waals surface area contributed by atoms with E-state index >= 15 is 0 Å². The molecule has 1 saturated heterocycles. The number of imide groups is 1. The van der Waals surface area contributed by atoms with Gasteiger partial charge in [-0.3, -0.25) is 23.7 Å². The molecule has 1 aliphatic heterocycles. The highest BCUT2D eigenvalue weighted by Gasteiger charge is 2.55.